The van der Waals surface area contributed by atoms with Crippen LogP contribution in [0.3, 0.4) is 0 Å². The third-order valence-electron chi connectivity index (χ3n) is 4.96. The van der Waals surface area contributed by atoms with E-state index in [1.165, 1.54) is 56.2 Å². The van der Waals surface area contributed by atoms with E-state index in [9.17, 15) is 0 Å². The lowest BCUT2D eigenvalue weighted by Crippen LogP contribution is -2.16. The Labute approximate surface area is 153 Å². The van der Waals surface area contributed by atoms with E-state index in [0.717, 1.165) is 13.1 Å². The number of halogens is 1. The second-order valence-electron chi connectivity index (χ2n) is 7.09. The van der Waals surface area contributed by atoms with E-state index in [1.807, 2.05) is 0 Å². The van der Waals surface area contributed by atoms with Crippen molar-refractivity contribution >= 4 is 12.4 Å². The highest BCUT2D eigenvalue weighted by atomic mass is 35.5. The number of rotatable bonds is 5. The quantitative estimate of drug-likeness (QED) is 0.723. The Bertz CT molecular complexity index is 616. The summed E-state index contributed by atoms with van der Waals surface area (Å²) >= 11 is 0. The fraction of sp³-hybridized carbons (Fsp3) is 0.524. The largest absolute Gasteiger partial charge is 0.344 e. The van der Waals surface area contributed by atoms with Gasteiger partial charge in [-0.2, -0.15) is 0 Å². The molecule has 3 heteroatoms. The molecule has 0 bridgehead atoms. The number of nitrogens with zero attached hydrogens (tertiary/aromatic N) is 2. The highest BCUT2D eigenvalue weighted by molar-refractivity contribution is 5.85. The smallest absolute Gasteiger partial charge is 0.0485 e. The second-order valence-corrected chi connectivity index (χ2v) is 7.09. The van der Waals surface area contributed by atoms with Gasteiger partial charge < -0.3 is 9.47 Å². The molecule has 0 unspecified atom stereocenters. The minimum Gasteiger partial charge on any atom is -0.344 e. The molecule has 24 heavy (non-hydrogen) atoms. The zero-order chi connectivity index (χ0) is 16.1. The predicted octanol–water partition coefficient (Wildman–Crippen LogP) is 5.19. The number of benzene rings is 1. The number of hydrogen-bond donors (Lipinski definition) is 0. The SMILES string of the molecule is CN(C)CCCn1c(-c2ccccc2)cc2c1CCCCCC2.Cl. The van der Waals surface area contributed by atoms with Gasteiger partial charge in [0.1, 0.15) is 0 Å². The summed E-state index contributed by atoms with van der Waals surface area (Å²) in [6.07, 6.45) is 9.21. The summed E-state index contributed by atoms with van der Waals surface area (Å²) in [4.78, 5) is 2.29. The maximum atomic E-state index is 2.62. The van der Waals surface area contributed by atoms with Gasteiger partial charge in [-0.25, -0.2) is 0 Å². The molecule has 1 aromatic carbocycles. The normalized spacial score (nSPS) is 14.6. The van der Waals surface area contributed by atoms with Crippen molar-refractivity contribution < 1.29 is 0 Å². The molecule has 1 aromatic heterocycles. The Morgan fingerprint density at radius 2 is 1.67 bits per heavy atom. The van der Waals surface area contributed by atoms with Crippen LogP contribution >= 0.6 is 12.4 Å². The molecule has 0 aliphatic heterocycles. The lowest BCUT2D eigenvalue weighted by atomic mass is 9.98. The van der Waals surface area contributed by atoms with Gasteiger partial charge in [-0.3, -0.25) is 0 Å². The Hall–Kier alpha value is -1.25. The lowest BCUT2D eigenvalue weighted by Gasteiger charge is -2.17. The summed E-state index contributed by atoms with van der Waals surface area (Å²) in [5, 5.41) is 0. The zero-order valence-corrected chi connectivity index (χ0v) is 15.9. The van der Waals surface area contributed by atoms with E-state index in [1.54, 1.807) is 11.3 Å². The molecule has 1 aliphatic rings. The van der Waals surface area contributed by atoms with Gasteiger partial charge in [-0.15, -0.1) is 12.4 Å². The van der Waals surface area contributed by atoms with Gasteiger partial charge in [-0.1, -0.05) is 43.2 Å². The van der Waals surface area contributed by atoms with Crippen LogP contribution in [0.15, 0.2) is 36.4 Å². The van der Waals surface area contributed by atoms with Crippen molar-refractivity contribution in [2.24, 2.45) is 0 Å². The van der Waals surface area contributed by atoms with Gasteiger partial charge in [0.05, 0.1) is 0 Å². The Balaban J connectivity index is 0.00000208. The summed E-state index contributed by atoms with van der Waals surface area (Å²) in [6, 6.07) is 13.4. The molecule has 0 N–H and O–H groups in total. The van der Waals surface area contributed by atoms with Crippen LogP contribution in [0.1, 0.15) is 43.4 Å². The van der Waals surface area contributed by atoms with Crippen molar-refractivity contribution in [2.75, 3.05) is 20.6 Å². The summed E-state index contributed by atoms with van der Waals surface area (Å²) in [5.74, 6) is 0. The Morgan fingerprint density at radius 3 is 2.38 bits per heavy atom. The zero-order valence-electron chi connectivity index (χ0n) is 15.1. The second kappa shape index (κ2) is 9.29. The van der Waals surface area contributed by atoms with Crippen LogP contribution in [0.25, 0.3) is 11.3 Å². The predicted molar refractivity (Wildman–Crippen MR) is 106 cm³/mol. The summed E-state index contributed by atoms with van der Waals surface area (Å²) in [6.45, 7) is 2.29. The Morgan fingerprint density at radius 1 is 0.958 bits per heavy atom. The first kappa shape index (κ1) is 19.1. The van der Waals surface area contributed by atoms with Crippen LogP contribution in [-0.2, 0) is 19.4 Å². The van der Waals surface area contributed by atoms with Gasteiger partial charge in [0.15, 0.2) is 0 Å². The molecule has 0 atom stereocenters. The van der Waals surface area contributed by atoms with E-state index < -0.39 is 0 Å². The summed E-state index contributed by atoms with van der Waals surface area (Å²) in [7, 11) is 4.33. The molecule has 2 aromatic rings. The van der Waals surface area contributed by atoms with E-state index in [0.29, 0.717) is 0 Å². The minimum absolute atomic E-state index is 0. The van der Waals surface area contributed by atoms with Crippen molar-refractivity contribution in [1.82, 2.24) is 9.47 Å². The minimum atomic E-state index is 0. The average Bonchev–Trinajstić information content (AvgIpc) is 2.85. The molecule has 1 heterocycles. The fourth-order valence-electron chi connectivity index (χ4n) is 3.77. The van der Waals surface area contributed by atoms with Crippen molar-refractivity contribution in [2.45, 2.75) is 51.5 Å². The monoisotopic (exact) mass is 346 g/mol. The van der Waals surface area contributed by atoms with E-state index >= 15 is 0 Å². The van der Waals surface area contributed by atoms with Crippen molar-refractivity contribution in [3.05, 3.63) is 47.7 Å². The first-order valence-corrected chi connectivity index (χ1v) is 9.17. The first-order chi connectivity index (χ1) is 11.3. The van der Waals surface area contributed by atoms with Crippen LogP contribution in [0.2, 0.25) is 0 Å². The van der Waals surface area contributed by atoms with Gasteiger partial charge >= 0.3 is 0 Å². The molecule has 1 aliphatic carbocycles. The molecule has 0 fully saturated rings. The van der Waals surface area contributed by atoms with Crippen LogP contribution in [0.4, 0.5) is 0 Å². The van der Waals surface area contributed by atoms with E-state index in [4.69, 9.17) is 0 Å². The molecular weight excluding hydrogens is 316 g/mol. The first-order valence-electron chi connectivity index (χ1n) is 9.17. The molecule has 2 nitrogen and oxygen atoms in total. The average molecular weight is 347 g/mol. The highest BCUT2D eigenvalue weighted by Gasteiger charge is 2.17. The van der Waals surface area contributed by atoms with Crippen LogP contribution in [-0.4, -0.2) is 30.1 Å². The topological polar surface area (TPSA) is 8.17 Å². The summed E-state index contributed by atoms with van der Waals surface area (Å²) < 4.78 is 2.62. The van der Waals surface area contributed by atoms with Crippen molar-refractivity contribution in [1.29, 1.82) is 0 Å². The highest BCUT2D eigenvalue weighted by Crippen LogP contribution is 2.30. The van der Waals surface area contributed by atoms with Crippen molar-refractivity contribution in [3.8, 4) is 11.3 Å². The fourth-order valence-corrected chi connectivity index (χ4v) is 3.77. The van der Waals surface area contributed by atoms with Crippen LogP contribution in [0, 0.1) is 0 Å². The van der Waals surface area contributed by atoms with E-state index in [2.05, 4.69) is 60.0 Å². The molecule has 0 saturated heterocycles. The van der Waals surface area contributed by atoms with Gasteiger partial charge in [0, 0.05) is 17.9 Å². The van der Waals surface area contributed by atoms with Crippen LogP contribution in [0.5, 0.6) is 0 Å². The molecule has 3 rings (SSSR count). The number of fused-ring (bicyclic) bond motifs is 1. The lowest BCUT2D eigenvalue weighted by molar-refractivity contribution is 0.385. The van der Waals surface area contributed by atoms with E-state index in [-0.39, 0.29) is 12.4 Å². The molecule has 0 radical (unpaired) electrons. The van der Waals surface area contributed by atoms with Gasteiger partial charge in [-0.05, 0) is 69.9 Å². The van der Waals surface area contributed by atoms with Crippen LogP contribution < -0.4 is 0 Å². The maximum Gasteiger partial charge on any atom is 0.0485 e. The number of hydrogen-bond acceptors (Lipinski definition) is 1. The molecule has 0 amide bonds. The van der Waals surface area contributed by atoms with Gasteiger partial charge in [0.2, 0.25) is 0 Å². The standard InChI is InChI=1S/C21H30N2.ClH/c1-22(2)15-10-16-23-20-14-9-4-3-6-13-19(20)17-21(23)18-11-7-5-8-12-18;/h5,7-8,11-12,17H,3-4,6,9-10,13-16H2,1-2H3;1H. The number of aryl methyl sites for hydroxylation is 1. The third kappa shape index (κ3) is 4.64. The third-order valence-corrected chi connectivity index (χ3v) is 4.96. The maximum absolute atomic E-state index is 2.62. The molecule has 132 valence electrons. The van der Waals surface area contributed by atoms with Crippen molar-refractivity contribution in [3.63, 3.8) is 0 Å². The molecular formula is C21H31ClN2. The Kier molecular flexibility index (Phi) is 7.39. The summed E-state index contributed by atoms with van der Waals surface area (Å²) in [5.41, 5.74) is 6.01. The molecule has 0 saturated carbocycles. The van der Waals surface area contributed by atoms with Gasteiger partial charge in [0.25, 0.3) is 0 Å². The molecule has 0 spiro atoms. The number of aromatic nitrogens is 1.